The number of aromatic nitrogens is 2. The molecule has 0 spiro atoms. The van der Waals surface area contributed by atoms with E-state index in [0.29, 0.717) is 23.7 Å². The molecule has 33 heavy (non-hydrogen) atoms. The summed E-state index contributed by atoms with van der Waals surface area (Å²) in [5.41, 5.74) is 3.43. The van der Waals surface area contributed by atoms with E-state index < -0.39 is 0 Å². The molecule has 1 fully saturated rings. The highest BCUT2D eigenvalue weighted by molar-refractivity contribution is 5.94. The van der Waals surface area contributed by atoms with Crippen LogP contribution < -0.4 is 5.32 Å². The number of piperidine rings is 1. The number of benzene rings is 2. The highest BCUT2D eigenvalue weighted by Gasteiger charge is 2.23. The molecule has 0 bridgehead atoms. The Morgan fingerprint density at radius 1 is 1.06 bits per heavy atom. The van der Waals surface area contributed by atoms with Crippen LogP contribution in [0, 0.1) is 12.7 Å². The summed E-state index contributed by atoms with van der Waals surface area (Å²) in [6.45, 7) is 5.43. The van der Waals surface area contributed by atoms with E-state index in [1.54, 1.807) is 18.3 Å². The predicted octanol–water partition coefficient (Wildman–Crippen LogP) is 4.67. The Kier molecular flexibility index (Phi) is 7.79. The van der Waals surface area contributed by atoms with Crippen LogP contribution in [0.25, 0.3) is 0 Å². The second-order valence-corrected chi connectivity index (χ2v) is 8.74. The lowest BCUT2D eigenvalue weighted by atomic mass is 9.95. The minimum Gasteiger partial charge on any atom is -0.348 e. The first-order chi connectivity index (χ1) is 16.1. The van der Waals surface area contributed by atoms with E-state index in [1.807, 2.05) is 6.92 Å². The molecule has 0 saturated carbocycles. The lowest BCUT2D eigenvalue weighted by Gasteiger charge is -2.31. The smallest absolute Gasteiger partial charge is 0.254 e. The highest BCUT2D eigenvalue weighted by atomic mass is 19.1. The summed E-state index contributed by atoms with van der Waals surface area (Å²) < 4.78 is 13.0. The Morgan fingerprint density at radius 3 is 2.48 bits per heavy atom. The van der Waals surface area contributed by atoms with Gasteiger partial charge in [0.15, 0.2) is 0 Å². The third kappa shape index (κ3) is 6.45. The summed E-state index contributed by atoms with van der Waals surface area (Å²) in [5.74, 6) is 0.677. The third-order valence-corrected chi connectivity index (χ3v) is 6.34. The van der Waals surface area contributed by atoms with Gasteiger partial charge < -0.3 is 10.2 Å². The fourth-order valence-corrected chi connectivity index (χ4v) is 4.35. The summed E-state index contributed by atoms with van der Waals surface area (Å²) in [7, 11) is 0. The summed E-state index contributed by atoms with van der Waals surface area (Å²) in [5, 5.41) is 2.86. The van der Waals surface area contributed by atoms with Gasteiger partial charge in [0.1, 0.15) is 11.6 Å². The number of rotatable bonds is 8. The monoisotopic (exact) mass is 446 g/mol. The number of amides is 1. The molecule has 172 valence electrons. The lowest BCUT2D eigenvalue weighted by Crippen LogP contribution is -2.34. The van der Waals surface area contributed by atoms with Gasteiger partial charge in [-0.05, 0) is 75.5 Å². The Labute approximate surface area is 195 Å². The number of nitrogens with zero attached hydrogens (tertiary/aromatic N) is 3. The van der Waals surface area contributed by atoms with Gasteiger partial charge in [0.25, 0.3) is 5.91 Å². The maximum Gasteiger partial charge on any atom is 0.254 e. The molecule has 1 aromatic heterocycles. The van der Waals surface area contributed by atoms with E-state index in [9.17, 15) is 9.18 Å². The number of nitrogens with one attached hydrogen (secondary N) is 1. The Hall–Kier alpha value is -3.12. The fourth-order valence-electron chi connectivity index (χ4n) is 4.35. The molecule has 0 aliphatic carbocycles. The SMILES string of the molecule is Cc1nc(C2CCN(CCCc3ccccc3)CC2)ncc1C(=O)NCc1ccc(F)cc1. The van der Waals surface area contributed by atoms with Gasteiger partial charge in [-0.2, -0.15) is 0 Å². The van der Waals surface area contributed by atoms with Crippen molar-refractivity contribution >= 4 is 5.91 Å². The maximum atomic E-state index is 13.0. The quantitative estimate of drug-likeness (QED) is 0.547. The summed E-state index contributed by atoms with van der Waals surface area (Å²) in [4.78, 5) is 24.3. The molecule has 1 aliphatic heterocycles. The minimum absolute atomic E-state index is 0.211. The van der Waals surface area contributed by atoms with Gasteiger partial charge in [-0.1, -0.05) is 42.5 Å². The number of carbonyl (C=O) groups is 1. The molecule has 0 radical (unpaired) electrons. The van der Waals surface area contributed by atoms with Crippen LogP contribution in [0.4, 0.5) is 4.39 Å². The van der Waals surface area contributed by atoms with Gasteiger partial charge in [-0.15, -0.1) is 0 Å². The van der Waals surface area contributed by atoms with Gasteiger partial charge >= 0.3 is 0 Å². The number of hydrogen-bond donors (Lipinski definition) is 1. The van der Waals surface area contributed by atoms with Crippen LogP contribution >= 0.6 is 0 Å². The second kappa shape index (κ2) is 11.1. The van der Waals surface area contributed by atoms with Crippen LogP contribution in [0.1, 0.15) is 58.2 Å². The zero-order valence-electron chi connectivity index (χ0n) is 19.1. The molecule has 2 heterocycles. The Balaban J connectivity index is 1.25. The summed E-state index contributed by atoms with van der Waals surface area (Å²) in [6, 6.07) is 16.7. The van der Waals surface area contributed by atoms with Crippen LogP contribution in [0.2, 0.25) is 0 Å². The number of likely N-dealkylation sites (tertiary alicyclic amines) is 1. The van der Waals surface area contributed by atoms with Crippen LogP contribution in [-0.2, 0) is 13.0 Å². The van der Waals surface area contributed by atoms with Crippen molar-refractivity contribution in [2.24, 2.45) is 0 Å². The normalized spacial score (nSPS) is 14.8. The van der Waals surface area contributed by atoms with E-state index in [2.05, 4.69) is 50.5 Å². The molecule has 6 heteroatoms. The molecule has 0 atom stereocenters. The Morgan fingerprint density at radius 2 is 1.79 bits per heavy atom. The van der Waals surface area contributed by atoms with E-state index in [4.69, 9.17) is 0 Å². The summed E-state index contributed by atoms with van der Waals surface area (Å²) >= 11 is 0. The van der Waals surface area contributed by atoms with Crippen LogP contribution in [0.3, 0.4) is 0 Å². The average Bonchev–Trinajstić information content (AvgIpc) is 2.84. The van der Waals surface area contributed by atoms with Crippen molar-refractivity contribution in [2.45, 2.75) is 45.1 Å². The first-order valence-electron chi connectivity index (χ1n) is 11.7. The van der Waals surface area contributed by atoms with Crippen molar-refractivity contribution < 1.29 is 9.18 Å². The van der Waals surface area contributed by atoms with E-state index >= 15 is 0 Å². The molecule has 5 nitrogen and oxygen atoms in total. The molecule has 0 unspecified atom stereocenters. The topological polar surface area (TPSA) is 58.1 Å². The van der Waals surface area contributed by atoms with Gasteiger partial charge in [-0.25, -0.2) is 14.4 Å². The fraction of sp³-hybridized carbons (Fsp3) is 0.370. The zero-order valence-corrected chi connectivity index (χ0v) is 19.1. The third-order valence-electron chi connectivity index (χ3n) is 6.34. The van der Waals surface area contributed by atoms with Crippen LogP contribution in [0.15, 0.2) is 60.8 Å². The van der Waals surface area contributed by atoms with Crippen molar-refractivity contribution in [3.8, 4) is 0 Å². The van der Waals surface area contributed by atoms with Crippen LogP contribution in [0.5, 0.6) is 0 Å². The van der Waals surface area contributed by atoms with Gasteiger partial charge in [0, 0.05) is 18.7 Å². The van der Waals surface area contributed by atoms with Gasteiger partial charge in [-0.3, -0.25) is 4.79 Å². The number of halogens is 1. The number of hydrogen-bond acceptors (Lipinski definition) is 4. The number of carbonyl (C=O) groups excluding carboxylic acids is 1. The van der Waals surface area contributed by atoms with Crippen LogP contribution in [-0.4, -0.2) is 40.4 Å². The molecule has 1 amide bonds. The lowest BCUT2D eigenvalue weighted by molar-refractivity contribution is 0.0949. The largest absolute Gasteiger partial charge is 0.348 e. The van der Waals surface area contributed by atoms with E-state index in [-0.39, 0.29) is 11.7 Å². The molecule has 4 rings (SSSR count). The Bertz CT molecular complexity index is 1050. The van der Waals surface area contributed by atoms with Crippen molar-refractivity contribution in [2.75, 3.05) is 19.6 Å². The van der Waals surface area contributed by atoms with Crippen molar-refractivity contribution in [3.63, 3.8) is 0 Å². The van der Waals surface area contributed by atoms with Gasteiger partial charge in [0.2, 0.25) is 0 Å². The molecule has 1 aliphatic rings. The first-order valence-corrected chi connectivity index (χ1v) is 11.7. The predicted molar refractivity (Wildman–Crippen MR) is 128 cm³/mol. The highest BCUT2D eigenvalue weighted by Crippen LogP contribution is 2.26. The second-order valence-electron chi connectivity index (χ2n) is 8.74. The minimum atomic E-state index is -0.289. The van der Waals surface area contributed by atoms with E-state index in [1.165, 1.54) is 24.1 Å². The number of aryl methyl sites for hydroxylation is 2. The van der Waals surface area contributed by atoms with Gasteiger partial charge in [0.05, 0.1) is 11.3 Å². The standard InChI is InChI=1S/C27H31FN4O/c1-20-25(27(33)30-18-22-9-11-24(28)12-10-22)19-29-26(31-20)23-13-16-32(17-14-23)15-5-8-21-6-3-2-4-7-21/h2-4,6-7,9-12,19,23H,5,8,13-18H2,1H3,(H,30,33). The van der Waals surface area contributed by atoms with Crippen molar-refractivity contribution in [3.05, 3.63) is 94.8 Å². The molecule has 2 aromatic carbocycles. The molecular weight excluding hydrogens is 415 g/mol. The zero-order chi connectivity index (χ0) is 23.0. The van der Waals surface area contributed by atoms with Crippen molar-refractivity contribution in [1.82, 2.24) is 20.2 Å². The molecule has 1 saturated heterocycles. The van der Waals surface area contributed by atoms with E-state index in [0.717, 1.165) is 50.3 Å². The maximum absolute atomic E-state index is 13.0. The van der Waals surface area contributed by atoms with Crippen molar-refractivity contribution in [1.29, 1.82) is 0 Å². The summed E-state index contributed by atoms with van der Waals surface area (Å²) in [6.07, 6.45) is 6.02. The molecule has 3 aromatic rings. The average molecular weight is 447 g/mol. The molecule has 1 N–H and O–H groups in total. The first kappa shape index (κ1) is 23.1. The molecular formula is C27H31FN4O.